The lowest BCUT2D eigenvalue weighted by Crippen LogP contribution is -2.17. The summed E-state index contributed by atoms with van der Waals surface area (Å²) in [4.78, 5) is 17.3. The minimum absolute atomic E-state index is 0.0875. The van der Waals surface area contributed by atoms with Gasteiger partial charge in [-0.2, -0.15) is 0 Å². The van der Waals surface area contributed by atoms with E-state index in [9.17, 15) is 4.79 Å². The van der Waals surface area contributed by atoms with E-state index < -0.39 is 0 Å². The van der Waals surface area contributed by atoms with Gasteiger partial charge in [0, 0.05) is 23.2 Å². The summed E-state index contributed by atoms with van der Waals surface area (Å²) >= 11 is 1.49. The summed E-state index contributed by atoms with van der Waals surface area (Å²) in [7, 11) is 0. The molecule has 8 heteroatoms. The smallest absolute Gasteiger partial charge is 0.258 e. The second-order valence-corrected chi connectivity index (χ2v) is 8.80. The first kappa shape index (κ1) is 21.9. The molecule has 0 aliphatic heterocycles. The molecule has 0 bridgehead atoms. The highest BCUT2D eigenvalue weighted by Gasteiger charge is 2.16. The molecule has 0 radical (unpaired) electrons. The van der Waals surface area contributed by atoms with Gasteiger partial charge in [0.15, 0.2) is 11.0 Å². The molecule has 34 heavy (non-hydrogen) atoms. The molecule has 5 aromatic rings. The van der Waals surface area contributed by atoms with Gasteiger partial charge in [0.1, 0.15) is 18.0 Å². The van der Waals surface area contributed by atoms with Crippen molar-refractivity contribution < 1.29 is 4.74 Å². The van der Waals surface area contributed by atoms with Crippen molar-refractivity contribution in [2.45, 2.75) is 31.4 Å². The Morgan fingerprint density at radius 2 is 1.71 bits per heavy atom. The minimum Gasteiger partial charge on any atom is -0.485 e. The first-order valence-electron chi connectivity index (χ1n) is 10.9. The normalized spacial score (nSPS) is 11.1. The van der Waals surface area contributed by atoms with E-state index in [1.54, 1.807) is 10.5 Å². The molecule has 0 saturated carbocycles. The average molecular weight is 470 g/mol. The van der Waals surface area contributed by atoms with Crippen LogP contribution in [0, 0.1) is 13.8 Å². The molecular formula is C26H23N5O2S. The Bertz CT molecular complexity index is 1510. The second-order valence-electron chi connectivity index (χ2n) is 7.86. The van der Waals surface area contributed by atoms with Crippen LogP contribution in [0.25, 0.3) is 11.3 Å². The fourth-order valence-corrected chi connectivity index (χ4v) is 4.62. The maximum atomic E-state index is 12.6. The van der Waals surface area contributed by atoms with Gasteiger partial charge in [-0.25, -0.2) is 4.98 Å². The number of rotatable bonds is 7. The Balaban J connectivity index is 1.43. The van der Waals surface area contributed by atoms with E-state index in [1.807, 2.05) is 91.2 Å². The standard InChI is InChI=1S/C26H23N5O2S/c1-18-9-6-7-13-22(18)33-16-24-28-29-26(31(24)21-11-4-3-5-12-21)34-17-20-15-25(32)30-19(2)10-8-14-23(30)27-20/h3-15H,16-17H2,1-2H3. The van der Waals surface area contributed by atoms with Gasteiger partial charge in [0.05, 0.1) is 5.69 Å². The Morgan fingerprint density at radius 1 is 0.912 bits per heavy atom. The van der Waals surface area contributed by atoms with Crippen LogP contribution >= 0.6 is 11.8 Å². The highest BCUT2D eigenvalue weighted by molar-refractivity contribution is 7.98. The molecule has 2 aromatic carbocycles. The molecular weight excluding hydrogens is 446 g/mol. The van der Waals surface area contributed by atoms with Gasteiger partial charge in [0.25, 0.3) is 5.56 Å². The third-order valence-corrected chi connectivity index (χ3v) is 6.41. The fraction of sp³-hybridized carbons (Fsp3) is 0.154. The van der Waals surface area contributed by atoms with Crippen molar-refractivity contribution >= 4 is 17.4 Å². The predicted octanol–water partition coefficient (Wildman–Crippen LogP) is 4.76. The predicted molar refractivity (Wildman–Crippen MR) is 133 cm³/mol. The van der Waals surface area contributed by atoms with Crippen molar-refractivity contribution in [1.29, 1.82) is 0 Å². The van der Waals surface area contributed by atoms with E-state index >= 15 is 0 Å². The van der Waals surface area contributed by atoms with E-state index in [-0.39, 0.29) is 12.2 Å². The van der Waals surface area contributed by atoms with Gasteiger partial charge in [-0.1, -0.05) is 54.2 Å². The zero-order valence-corrected chi connectivity index (χ0v) is 19.7. The van der Waals surface area contributed by atoms with Gasteiger partial charge in [0.2, 0.25) is 0 Å². The van der Waals surface area contributed by atoms with Crippen molar-refractivity contribution in [3.63, 3.8) is 0 Å². The maximum Gasteiger partial charge on any atom is 0.258 e. The third-order valence-electron chi connectivity index (χ3n) is 5.45. The summed E-state index contributed by atoms with van der Waals surface area (Å²) in [5, 5.41) is 9.54. The zero-order valence-electron chi connectivity index (χ0n) is 18.9. The maximum absolute atomic E-state index is 12.6. The highest BCUT2D eigenvalue weighted by Crippen LogP contribution is 2.26. The fourth-order valence-electron chi connectivity index (χ4n) is 3.76. The number of fused-ring (bicyclic) bond motifs is 1. The molecule has 0 N–H and O–H groups in total. The molecule has 0 fully saturated rings. The lowest BCUT2D eigenvalue weighted by Gasteiger charge is -2.12. The van der Waals surface area contributed by atoms with Crippen LogP contribution in [0.2, 0.25) is 0 Å². The summed E-state index contributed by atoms with van der Waals surface area (Å²) in [5.41, 5.74) is 4.11. The molecule has 0 saturated heterocycles. The van der Waals surface area contributed by atoms with Crippen LogP contribution in [0.15, 0.2) is 88.8 Å². The molecule has 0 aliphatic carbocycles. The number of ether oxygens (including phenoxy) is 1. The monoisotopic (exact) mass is 469 g/mol. The summed E-state index contributed by atoms with van der Waals surface area (Å²) in [6.07, 6.45) is 0. The first-order valence-corrected chi connectivity index (χ1v) is 11.9. The first-order chi connectivity index (χ1) is 16.6. The molecule has 0 spiro atoms. The number of thioether (sulfide) groups is 1. The van der Waals surface area contributed by atoms with Crippen LogP contribution in [-0.4, -0.2) is 24.1 Å². The Kier molecular flexibility index (Phi) is 6.14. The lowest BCUT2D eigenvalue weighted by atomic mass is 10.2. The Morgan fingerprint density at radius 3 is 2.53 bits per heavy atom. The molecule has 0 aliphatic rings. The largest absolute Gasteiger partial charge is 0.485 e. The van der Waals surface area contributed by atoms with Crippen LogP contribution in [-0.2, 0) is 12.4 Å². The van der Waals surface area contributed by atoms with E-state index in [2.05, 4.69) is 15.2 Å². The number of aromatic nitrogens is 5. The van der Waals surface area contributed by atoms with Crippen LogP contribution in [0.5, 0.6) is 5.75 Å². The van der Waals surface area contributed by atoms with Crippen molar-refractivity contribution in [1.82, 2.24) is 24.1 Å². The second kappa shape index (κ2) is 9.52. The van der Waals surface area contributed by atoms with Crippen LogP contribution < -0.4 is 10.3 Å². The van der Waals surface area contributed by atoms with Gasteiger partial charge >= 0.3 is 0 Å². The van der Waals surface area contributed by atoms with Crippen LogP contribution in [0.4, 0.5) is 0 Å². The van der Waals surface area contributed by atoms with E-state index in [0.717, 1.165) is 22.7 Å². The van der Waals surface area contributed by atoms with Crippen molar-refractivity contribution in [3.05, 3.63) is 112 Å². The van der Waals surface area contributed by atoms with E-state index in [0.29, 0.717) is 28.1 Å². The average Bonchev–Trinajstić information content (AvgIpc) is 3.25. The van der Waals surface area contributed by atoms with E-state index in [1.165, 1.54) is 11.8 Å². The molecule has 3 aromatic heterocycles. The van der Waals surface area contributed by atoms with Crippen molar-refractivity contribution in [2.75, 3.05) is 0 Å². The Hall–Kier alpha value is -3.91. The minimum atomic E-state index is -0.0875. The number of hydrogen-bond donors (Lipinski definition) is 0. The molecule has 0 amide bonds. The number of benzene rings is 2. The van der Waals surface area contributed by atoms with Crippen LogP contribution in [0.1, 0.15) is 22.8 Å². The topological polar surface area (TPSA) is 74.3 Å². The molecule has 7 nitrogen and oxygen atoms in total. The Labute approximate surface area is 201 Å². The summed E-state index contributed by atoms with van der Waals surface area (Å²) in [6.45, 7) is 4.19. The molecule has 0 atom stereocenters. The highest BCUT2D eigenvalue weighted by atomic mass is 32.2. The summed E-state index contributed by atoms with van der Waals surface area (Å²) in [6, 6.07) is 25.1. The SMILES string of the molecule is Cc1ccccc1OCc1nnc(SCc2cc(=O)n3c(C)cccc3n2)n1-c1ccccc1. The zero-order chi connectivity index (χ0) is 23.5. The molecule has 170 valence electrons. The lowest BCUT2D eigenvalue weighted by molar-refractivity contribution is 0.291. The number of nitrogens with zero attached hydrogens (tertiary/aromatic N) is 5. The van der Waals surface area contributed by atoms with Gasteiger partial charge in [-0.05, 0) is 49.7 Å². The van der Waals surface area contributed by atoms with Crippen LogP contribution in [0.3, 0.4) is 0 Å². The molecule has 0 unspecified atom stereocenters. The molecule has 5 rings (SSSR count). The summed E-state index contributed by atoms with van der Waals surface area (Å²) in [5.74, 6) is 2.00. The molecule has 3 heterocycles. The number of para-hydroxylation sites is 2. The van der Waals surface area contributed by atoms with Gasteiger partial charge < -0.3 is 4.74 Å². The number of hydrogen-bond acceptors (Lipinski definition) is 6. The quantitative estimate of drug-likeness (QED) is 0.320. The van der Waals surface area contributed by atoms with E-state index in [4.69, 9.17) is 4.74 Å². The summed E-state index contributed by atoms with van der Waals surface area (Å²) < 4.78 is 9.65. The number of aryl methyl sites for hydroxylation is 2. The van der Waals surface area contributed by atoms with Crippen molar-refractivity contribution in [3.8, 4) is 11.4 Å². The van der Waals surface area contributed by atoms with Gasteiger partial charge in [-0.3, -0.25) is 13.8 Å². The third kappa shape index (κ3) is 4.45. The van der Waals surface area contributed by atoms with Crippen molar-refractivity contribution in [2.24, 2.45) is 0 Å². The number of pyridine rings is 1. The van der Waals surface area contributed by atoms with Gasteiger partial charge in [-0.15, -0.1) is 10.2 Å².